The van der Waals surface area contributed by atoms with Gasteiger partial charge in [-0.3, -0.25) is 19.1 Å². The number of thiophene rings is 1. The van der Waals surface area contributed by atoms with Gasteiger partial charge in [-0.25, -0.2) is 4.98 Å². The number of aryl methyl sites for hydroxylation is 2. The minimum atomic E-state index is -0.279. The Bertz CT molecular complexity index is 899. The van der Waals surface area contributed by atoms with E-state index in [-0.39, 0.29) is 18.0 Å². The number of carbonyl (C=O) groups excluding carboxylic acids is 1. The summed E-state index contributed by atoms with van der Waals surface area (Å²) < 4.78 is 1.33. The van der Waals surface area contributed by atoms with Gasteiger partial charge in [0.1, 0.15) is 11.4 Å². The number of carbonyl (C=O) groups is 1. The SMILES string of the molecule is Cc1sc2ncn(CC(=O)Nc3ccncc3)c(=O)c2c1C. The van der Waals surface area contributed by atoms with E-state index >= 15 is 0 Å². The minimum absolute atomic E-state index is 0.0710. The van der Waals surface area contributed by atoms with Crippen LogP contribution >= 0.6 is 11.3 Å². The predicted octanol–water partition coefficient (Wildman–Crippen LogP) is 2.11. The molecule has 22 heavy (non-hydrogen) atoms. The van der Waals surface area contributed by atoms with Crippen LogP contribution in [0.3, 0.4) is 0 Å². The first-order valence-corrected chi connectivity index (χ1v) is 7.53. The lowest BCUT2D eigenvalue weighted by molar-refractivity contribution is -0.116. The van der Waals surface area contributed by atoms with Gasteiger partial charge in [0.25, 0.3) is 5.56 Å². The highest BCUT2D eigenvalue weighted by molar-refractivity contribution is 7.18. The van der Waals surface area contributed by atoms with E-state index in [0.717, 1.165) is 10.4 Å². The van der Waals surface area contributed by atoms with Gasteiger partial charge >= 0.3 is 0 Å². The molecule has 0 saturated heterocycles. The molecule has 1 N–H and O–H groups in total. The molecule has 112 valence electrons. The summed E-state index contributed by atoms with van der Waals surface area (Å²) in [4.78, 5) is 34.5. The molecular formula is C15H14N4O2S. The van der Waals surface area contributed by atoms with Crippen LogP contribution in [0.1, 0.15) is 10.4 Å². The lowest BCUT2D eigenvalue weighted by Gasteiger charge is -2.07. The van der Waals surface area contributed by atoms with E-state index in [9.17, 15) is 9.59 Å². The van der Waals surface area contributed by atoms with Gasteiger partial charge in [-0.2, -0.15) is 0 Å². The molecule has 3 rings (SSSR count). The first-order chi connectivity index (χ1) is 10.6. The summed E-state index contributed by atoms with van der Waals surface area (Å²) in [5.41, 5.74) is 1.39. The van der Waals surface area contributed by atoms with E-state index in [0.29, 0.717) is 15.9 Å². The van der Waals surface area contributed by atoms with E-state index < -0.39 is 0 Å². The molecule has 0 unspecified atom stereocenters. The summed E-state index contributed by atoms with van der Waals surface area (Å²) in [6.45, 7) is 3.79. The van der Waals surface area contributed by atoms with Crippen molar-refractivity contribution in [2.24, 2.45) is 0 Å². The molecule has 0 aliphatic carbocycles. The van der Waals surface area contributed by atoms with Crippen molar-refractivity contribution >= 4 is 33.1 Å². The zero-order valence-electron chi connectivity index (χ0n) is 12.2. The van der Waals surface area contributed by atoms with Crippen molar-refractivity contribution < 1.29 is 4.79 Å². The van der Waals surface area contributed by atoms with Crippen LogP contribution in [-0.2, 0) is 11.3 Å². The van der Waals surface area contributed by atoms with Gasteiger partial charge in [0.2, 0.25) is 5.91 Å². The molecule has 0 aliphatic rings. The van der Waals surface area contributed by atoms with Gasteiger partial charge < -0.3 is 5.32 Å². The van der Waals surface area contributed by atoms with E-state index in [1.54, 1.807) is 24.5 Å². The third-order valence-electron chi connectivity index (χ3n) is 3.43. The maximum absolute atomic E-state index is 12.5. The number of rotatable bonds is 3. The van der Waals surface area contributed by atoms with Crippen LogP contribution in [-0.4, -0.2) is 20.4 Å². The van der Waals surface area contributed by atoms with Crippen molar-refractivity contribution in [1.82, 2.24) is 14.5 Å². The summed E-state index contributed by atoms with van der Waals surface area (Å²) in [5.74, 6) is -0.279. The number of anilines is 1. The summed E-state index contributed by atoms with van der Waals surface area (Å²) >= 11 is 1.49. The second-order valence-corrected chi connectivity index (χ2v) is 6.13. The van der Waals surface area contributed by atoms with Crippen molar-refractivity contribution in [3.05, 3.63) is 51.6 Å². The molecule has 0 fully saturated rings. The first-order valence-electron chi connectivity index (χ1n) is 6.71. The van der Waals surface area contributed by atoms with Gasteiger partial charge in [0.15, 0.2) is 0 Å². The fourth-order valence-corrected chi connectivity index (χ4v) is 3.16. The lowest BCUT2D eigenvalue weighted by Crippen LogP contribution is -2.27. The van der Waals surface area contributed by atoms with Crippen molar-refractivity contribution in [2.45, 2.75) is 20.4 Å². The molecule has 0 aliphatic heterocycles. The van der Waals surface area contributed by atoms with Crippen LogP contribution in [0, 0.1) is 13.8 Å². The molecule has 0 bridgehead atoms. The Hall–Kier alpha value is -2.54. The van der Waals surface area contributed by atoms with Crippen LogP contribution in [0.25, 0.3) is 10.2 Å². The van der Waals surface area contributed by atoms with Gasteiger partial charge in [0.05, 0.1) is 11.7 Å². The Labute approximate surface area is 130 Å². The molecule has 1 amide bonds. The van der Waals surface area contributed by atoms with E-state index in [2.05, 4.69) is 15.3 Å². The Balaban J connectivity index is 1.88. The smallest absolute Gasteiger partial charge is 0.262 e. The average Bonchev–Trinajstić information content (AvgIpc) is 2.79. The third-order valence-corrected chi connectivity index (χ3v) is 4.55. The molecule has 3 aromatic heterocycles. The topological polar surface area (TPSA) is 76.9 Å². The van der Waals surface area contributed by atoms with E-state index in [4.69, 9.17) is 0 Å². The van der Waals surface area contributed by atoms with Crippen molar-refractivity contribution in [3.8, 4) is 0 Å². The normalized spacial score (nSPS) is 10.8. The minimum Gasteiger partial charge on any atom is -0.324 e. The molecule has 0 aromatic carbocycles. The van der Waals surface area contributed by atoms with Crippen molar-refractivity contribution in [2.75, 3.05) is 5.32 Å². The molecular weight excluding hydrogens is 300 g/mol. The third kappa shape index (κ3) is 2.62. The van der Waals surface area contributed by atoms with Crippen molar-refractivity contribution in [1.29, 1.82) is 0 Å². The van der Waals surface area contributed by atoms with Crippen LogP contribution < -0.4 is 10.9 Å². The van der Waals surface area contributed by atoms with E-state index in [1.165, 1.54) is 22.2 Å². The van der Waals surface area contributed by atoms with Gasteiger partial charge in [-0.15, -0.1) is 11.3 Å². The molecule has 0 spiro atoms. The largest absolute Gasteiger partial charge is 0.324 e. The molecule has 3 aromatic rings. The van der Waals surface area contributed by atoms with Crippen LogP contribution in [0.4, 0.5) is 5.69 Å². The second kappa shape index (κ2) is 5.69. The zero-order chi connectivity index (χ0) is 15.7. The first kappa shape index (κ1) is 14.4. The van der Waals surface area contributed by atoms with Crippen molar-refractivity contribution in [3.63, 3.8) is 0 Å². The van der Waals surface area contributed by atoms with Gasteiger partial charge in [-0.05, 0) is 31.5 Å². The number of hydrogen-bond acceptors (Lipinski definition) is 5. The Morgan fingerprint density at radius 1 is 1.32 bits per heavy atom. The quantitative estimate of drug-likeness (QED) is 0.803. The molecule has 0 saturated carbocycles. The monoisotopic (exact) mass is 314 g/mol. The molecule has 0 radical (unpaired) electrons. The average molecular weight is 314 g/mol. The standard InChI is InChI=1S/C15H14N4O2S/c1-9-10(2)22-14-13(9)15(21)19(8-17-14)7-12(20)18-11-3-5-16-6-4-11/h3-6,8H,7H2,1-2H3,(H,16,18,20). The summed E-state index contributed by atoms with van der Waals surface area (Å²) in [6.07, 6.45) is 4.60. The number of amides is 1. The fourth-order valence-electron chi connectivity index (χ4n) is 2.17. The van der Waals surface area contributed by atoms with Crippen LogP contribution in [0.15, 0.2) is 35.6 Å². The van der Waals surface area contributed by atoms with Crippen LogP contribution in [0.2, 0.25) is 0 Å². The predicted molar refractivity (Wildman–Crippen MR) is 86.2 cm³/mol. The highest BCUT2D eigenvalue weighted by atomic mass is 32.1. The number of fused-ring (bicyclic) bond motifs is 1. The summed E-state index contributed by atoms with van der Waals surface area (Å²) in [7, 11) is 0. The maximum Gasteiger partial charge on any atom is 0.262 e. The summed E-state index contributed by atoms with van der Waals surface area (Å²) in [5, 5.41) is 3.32. The number of aromatic nitrogens is 3. The summed E-state index contributed by atoms with van der Waals surface area (Å²) in [6, 6.07) is 3.38. The Morgan fingerprint density at radius 2 is 2.05 bits per heavy atom. The number of hydrogen-bond donors (Lipinski definition) is 1. The molecule has 3 heterocycles. The number of pyridine rings is 1. The second-order valence-electron chi connectivity index (χ2n) is 4.93. The van der Waals surface area contributed by atoms with Gasteiger partial charge in [0, 0.05) is 23.0 Å². The number of nitrogens with one attached hydrogen (secondary N) is 1. The lowest BCUT2D eigenvalue weighted by atomic mass is 10.2. The van der Waals surface area contributed by atoms with Gasteiger partial charge in [-0.1, -0.05) is 0 Å². The Morgan fingerprint density at radius 3 is 2.77 bits per heavy atom. The van der Waals surface area contributed by atoms with E-state index in [1.807, 2.05) is 13.8 Å². The molecule has 7 heteroatoms. The number of nitrogens with zero attached hydrogens (tertiary/aromatic N) is 3. The van der Waals surface area contributed by atoms with Crippen LogP contribution in [0.5, 0.6) is 0 Å². The molecule has 0 atom stereocenters. The highest BCUT2D eigenvalue weighted by Gasteiger charge is 2.13. The zero-order valence-corrected chi connectivity index (χ0v) is 13.0. The fraction of sp³-hybridized carbons (Fsp3) is 0.200. The molecule has 6 nitrogen and oxygen atoms in total. The maximum atomic E-state index is 12.5. The Kier molecular flexibility index (Phi) is 3.72. The highest BCUT2D eigenvalue weighted by Crippen LogP contribution is 2.25.